The number of aromatic carboxylic acids is 2. The van der Waals surface area contributed by atoms with Crippen LogP contribution in [0, 0.1) is 0 Å². The van der Waals surface area contributed by atoms with E-state index in [1.807, 2.05) is 0 Å². The highest BCUT2D eigenvalue weighted by atomic mass is 16.4. The molecule has 2 heterocycles. The number of carboxylic acid groups (broad SMARTS) is 2. The molecule has 1 aliphatic heterocycles. The zero-order valence-corrected chi connectivity index (χ0v) is 16.3. The van der Waals surface area contributed by atoms with Crippen LogP contribution in [0.25, 0.3) is 17.4 Å². The van der Waals surface area contributed by atoms with Gasteiger partial charge in [-0.3, -0.25) is 4.79 Å². The zero-order valence-electron chi connectivity index (χ0n) is 16.3. The highest BCUT2D eigenvalue weighted by Crippen LogP contribution is 2.29. The maximum absolute atomic E-state index is 12.9. The average molecular weight is 416 g/mol. The molecule has 0 bridgehead atoms. The number of hydrazone groups is 1. The van der Waals surface area contributed by atoms with Crippen molar-refractivity contribution in [1.29, 1.82) is 0 Å². The Morgan fingerprint density at radius 3 is 2.52 bits per heavy atom. The van der Waals surface area contributed by atoms with Gasteiger partial charge in [-0.1, -0.05) is 24.3 Å². The van der Waals surface area contributed by atoms with Crippen molar-refractivity contribution in [1.82, 2.24) is 0 Å². The van der Waals surface area contributed by atoms with Crippen LogP contribution in [0.2, 0.25) is 0 Å². The van der Waals surface area contributed by atoms with E-state index in [-0.39, 0.29) is 16.7 Å². The van der Waals surface area contributed by atoms with Crippen LogP contribution in [0.15, 0.2) is 75.8 Å². The number of nitrogens with zero attached hydrogens (tertiary/aromatic N) is 2. The van der Waals surface area contributed by atoms with E-state index in [2.05, 4.69) is 5.10 Å². The van der Waals surface area contributed by atoms with Gasteiger partial charge >= 0.3 is 11.9 Å². The Kier molecular flexibility index (Phi) is 4.96. The summed E-state index contributed by atoms with van der Waals surface area (Å²) in [7, 11) is 0. The second-order valence-electron chi connectivity index (χ2n) is 6.77. The van der Waals surface area contributed by atoms with Crippen LogP contribution in [-0.2, 0) is 4.79 Å². The second-order valence-corrected chi connectivity index (χ2v) is 6.77. The molecule has 0 saturated carbocycles. The van der Waals surface area contributed by atoms with E-state index in [1.54, 1.807) is 43.3 Å². The topological polar surface area (TPSA) is 120 Å². The van der Waals surface area contributed by atoms with E-state index in [0.717, 1.165) is 5.01 Å². The molecule has 0 fully saturated rings. The molecule has 1 aliphatic rings. The molecular formula is C23H16N2O6. The van der Waals surface area contributed by atoms with Crippen LogP contribution in [0.3, 0.4) is 0 Å². The van der Waals surface area contributed by atoms with Crippen LogP contribution in [0.4, 0.5) is 5.69 Å². The largest absolute Gasteiger partial charge is 0.478 e. The van der Waals surface area contributed by atoms with E-state index in [0.29, 0.717) is 28.5 Å². The van der Waals surface area contributed by atoms with Crippen LogP contribution >= 0.6 is 0 Å². The predicted molar refractivity (Wildman–Crippen MR) is 113 cm³/mol. The molecule has 0 radical (unpaired) electrons. The average Bonchev–Trinajstić information content (AvgIpc) is 3.34. The molecule has 2 N–H and O–H groups in total. The molecule has 0 atom stereocenters. The lowest BCUT2D eigenvalue weighted by molar-refractivity contribution is -0.114. The minimum Gasteiger partial charge on any atom is -0.478 e. The Labute approximate surface area is 176 Å². The number of carboxylic acids is 2. The fourth-order valence-corrected chi connectivity index (χ4v) is 3.23. The lowest BCUT2D eigenvalue weighted by Crippen LogP contribution is -2.21. The van der Waals surface area contributed by atoms with E-state index < -0.39 is 17.8 Å². The summed E-state index contributed by atoms with van der Waals surface area (Å²) in [4.78, 5) is 35.6. The molecule has 0 aliphatic carbocycles. The third kappa shape index (κ3) is 3.74. The van der Waals surface area contributed by atoms with Crippen molar-refractivity contribution >= 4 is 35.3 Å². The molecule has 0 unspecified atom stereocenters. The molecule has 31 heavy (non-hydrogen) atoms. The summed E-state index contributed by atoms with van der Waals surface area (Å²) in [6.45, 7) is 1.66. The minimum atomic E-state index is -1.10. The van der Waals surface area contributed by atoms with Crippen molar-refractivity contribution < 1.29 is 29.0 Å². The highest BCUT2D eigenvalue weighted by Gasteiger charge is 2.29. The Morgan fingerprint density at radius 1 is 1.00 bits per heavy atom. The predicted octanol–water partition coefficient (Wildman–Crippen LogP) is 4.15. The van der Waals surface area contributed by atoms with Gasteiger partial charge in [-0.05, 0) is 49.4 Å². The molecule has 1 aromatic heterocycles. The molecule has 8 nitrogen and oxygen atoms in total. The molecule has 154 valence electrons. The van der Waals surface area contributed by atoms with Gasteiger partial charge in [0.1, 0.15) is 11.5 Å². The maximum atomic E-state index is 12.9. The molecule has 4 rings (SSSR count). The number of benzene rings is 2. The van der Waals surface area contributed by atoms with Crippen LogP contribution in [0.5, 0.6) is 0 Å². The lowest BCUT2D eigenvalue weighted by Gasteiger charge is -2.12. The number of carbonyl (C=O) groups excluding carboxylic acids is 1. The molecule has 0 saturated heterocycles. The Balaban J connectivity index is 1.65. The fraction of sp³-hybridized carbons (Fsp3) is 0.0435. The van der Waals surface area contributed by atoms with Gasteiger partial charge in [0.05, 0.1) is 28.1 Å². The summed E-state index contributed by atoms with van der Waals surface area (Å²) in [5, 5.41) is 23.9. The van der Waals surface area contributed by atoms with Crippen molar-refractivity contribution in [3.05, 3.63) is 83.1 Å². The molecule has 0 spiro atoms. The first-order valence-electron chi connectivity index (χ1n) is 9.23. The first-order chi connectivity index (χ1) is 14.8. The van der Waals surface area contributed by atoms with Crippen molar-refractivity contribution in [3.8, 4) is 11.3 Å². The normalized spacial score (nSPS) is 14.7. The first kappa shape index (κ1) is 19.8. The van der Waals surface area contributed by atoms with Crippen molar-refractivity contribution in [2.24, 2.45) is 5.10 Å². The Morgan fingerprint density at radius 2 is 1.77 bits per heavy atom. The number of amides is 1. The first-order valence-corrected chi connectivity index (χ1v) is 9.23. The van der Waals surface area contributed by atoms with Gasteiger partial charge in [0.15, 0.2) is 0 Å². The minimum absolute atomic E-state index is 0.0448. The monoisotopic (exact) mass is 416 g/mol. The summed E-state index contributed by atoms with van der Waals surface area (Å²) in [6.07, 6.45) is 1.52. The molecular weight excluding hydrogens is 400 g/mol. The van der Waals surface area contributed by atoms with Gasteiger partial charge in [0, 0.05) is 5.56 Å². The number of hydrogen-bond donors (Lipinski definition) is 2. The van der Waals surface area contributed by atoms with Crippen molar-refractivity contribution in [2.45, 2.75) is 6.92 Å². The SMILES string of the molecule is CC1=NN(c2cccc(C(=O)O)c2)C(=O)C1=Cc1ccc(-c2ccccc2C(=O)O)o1. The number of furan rings is 1. The highest BCUT2D eigenvalue weighted by molar-refractivity contribution is 6.32. The third-order valence-electron chi connectivity index (χ3n) is 4.74. The third-order valence-corrected chi connectivity index (χ3v) is 4.74. The molecule has 3 aromatic rings. The quantitative estimate of drug-likeness (QED) is 0.603. The standard InChI is InChI=1S/C23H16N2O6/c1-13-19(21(26)25(24-13)15-6-4-5-14(11-15)22(27)28)12-16-9-10-20(31-16)17-7-2-3-8-18(17)23(29)30/h2-12H,1H3,(H,27,28)(H,29,30). The van der Waals surface area contributed by atoms with Gasteiger partial charge in [0.25, 0.3) is 5.91 Å². The number of hydrogen-bond acceptors (Lipinski definition) is 5. The molecule has 2 aromatic carbocycles. The number of rotatable bonds is 5. The van der Waals surface area contributed by atoms with Gasteiger partial charge < -0.3 is 14.6 Å². The van der Waals surface area contributed by atoms with Gasteiger partial charge in [-0.15, -0.1) is 0 Å². The Hall–Kier alpha value is -4.46. The number of anilines is 1. The van der Waals surface area contributed by atoms with Crippen LogP contribution in [-0.4, -0.2) is 33.8 Å². The van der Waals surface area contributed by atoms with Crippen molar-refractivity contribution in [3.63, 3.8) is 0 Å². The summed E-state index contributed by atoms with van der Waals surface area (Å²) >= 11 is 0. The molecule has 8 heteroatoms. The van der Waals surface area contributed by atoms with E-state index in [9.17, 15) is 19.5 Å². The Bertz CT molecular complexity index is 1280. The summed E-state index contributed by atoms with van der Waals surface area (Å²) in [5.41, 5.74) is 1.64. The lowest BCUT2D eigenvalue weighted by atomic mass is 10.1. The van der Waals surface area contributed by atoms with Gasteiger partial charge in [0.2, 0.25) is 0 Å². The molecule has 1 amide bonds. The zero-order chi connectivity index (χ0) is 22.1. The van der Waals surface area contributed by atoms with Gasteiger partial charge in [-0.2, -0.15) is 10.1 Å². The van der Waals surface area contributed by atoms with Crippen LogP contribution in [0.1, 0.15) is 33.4 Å². The summed E-state index contributed by atoms with van der Waals surface area (Å²) in [6, 6.07) is 15.7. The second kappa shape index (κ2) is 7.75. The van der Waals surface area contributed by atoms with Crippen LogP contribution < -0.4 is 5.01 Å². The fourth-order valence-electron chi connectivity index (χ4n) is 3.23. The van der Waals surface area contributed by atoms with Crippen molar-refractivity contribution in [2.75, 3.05) is 5.01 Å². The van der Waals surface area contributed by atoms with E-state index >= 15 is 0 Å². The summed E-state index contributed by atoms with van der Waals surface area (Å²) in [5.74, 6) is -1.89. The van der Waals surface area contributed by atoms with Gasteiger partial charge in [-0.25, -0.2) is 9.59 Å². The number of carbonyl (C=O) groups is 3. The van der Waals surface area contributed by atoms with E-state index in [4.69, 9.17) is 9.52 Å². The maximum Gasteiger partial charge on any atom is 0.336 e. The smallest absolute Gasteiger partial charge is 0.336 e. The van der Waals surface area contributed by atoms with E-state index in [1.165, 1.54) is 30.3 Å². The summed E-state index contributed by atoms with van der Waals surface area (Å²) < 4.78 is 5.77.